The van der Waals surface area contributed by atoms with E-state index in [1.54, 1.807) is 0 Å². The summed E-state index contributed by atoms with van der Waals surface area (Å²) in [7, 11) is 1.95. The Bertz CT molecular complexity index is 263. The van der Waals surface area contributed by atoms with Crippen LogP contribution in [0.25, 0.3) is 0 Å². The number of hydrogen-bond donors (Lipinski definition) is 0. The molecule has 0 aromatic carbocycles. The van der Waals surface area contributed by atoms with Gasteiger partial charge < -0.3 is 0 Å². The third-order valence-electron chi connectivity index (χ3n) is 1.77. The molecule has 0 aliphatic rings. The molecule has 1 aromatic rings. The topological polar surface area (TPSA) is 17.8 Å². The van der Waals surface area contributed by atoms with Gasteiger partial charge in [0, 0.05) is 12.6 Å². The van der Waals surface area contributed by atoms with Crippen molar-refractivity contribution >= 4 is 15.9 Å². The van der Waals surface area contributed by atoms with Gasteiger partial charge in [-0.3, -0.25) is 4.68 Å². The summed E-state index contributed by atoms with van der Waals surface area (Å²) in [6.07, 6.45) is 0. The predicted octanol–water partition coefficient (Wildman–Crippen LogP) is 2.61. The highest BCUT2D eigenvalue weighted by molar-refractivity contribution is 9.10. The Kier molecular flexibility index (Phi) is 2.37. The van der Waals surface area contributed by atoms with E-state index in [-0.39, 0.29) is 0 Å². The maximum absolute atomic E-state index is 4.30. The quantitative estimate of drug-likeness (QED) is 0.706. The van der Waals surface area contributed by atoms with Gasteiger partial charge in [-0.2, -0.15) is 5.10 Å². The second-order valence-electron chi connectivity index (χ2n) is 3.07. The SMILES string of the molecule is Cc1nn(C)c(Br)c1C(C)C. The van der Waals surface area contributed by atoms with Crippen molar-refractivity contribution in [2.45, 2.75) is 26.7 Å². The fourth-order valence-electron chi connectivity index (χ4n) is 1.30. The number of nitrogens with zero attached hydrogens (tertiary/aromatic N) is 2. The first-order chi connectivity index (χ1) is 5.04. The van der Waals surface area contributed by atoms with E-state index >= 15 is 0 Å². The molecule has 0 N–H and O–H groups in total. The zero-order valence-electron chi connectivity index (χ0n) is 7.35. The molecule has 62 valence electrons. The first kappa shape index (κ1) is 8.78. The van der Waals surface area contributed by atoms with Gasteiger partial charge in [0.25, 0.3) is 0 Å². The summed E-state index contributed by atoms with van der Waals surface area (Å²) in [5, 5.41) is 4.30. The van der Waals surface area contributed by atoms with Gasteiger partial charge in [0.15, 0.2) is 0 Å². The van der Waals surface area contributed by atoms with Crippen molar-refractivity contribution in [2.24, 2.45) is 7.05 Å². The fourth-order valence-corrected chi connectivity index (χ4v) is 2.13. The van der Waals surface area contributed by atoms with E-state index in [1.165, 1.54) is 5.56 Å². The Balaban J connectivity index is 3.22. The molecule has 0 fully saturated rings. The van der Waals surface area contributed by atoms with Crippen LogP contribution in [-0.4, -0.2) is 9.78 Å². The van der Waals surface area contributed by atoms with Gasteiger partial charge >= 0.3 is 0 Å². The predicted molar refractivity (Wildman–Crippen MR) is 49.7 cm³/mol. The standard InChI is InChI=1S/C8H13BrN2/c1-5(2)7-6(3)10-11(4)8(7)9/h5H,1-4H3. The third kappa shape index (κ3) is 1.48. The van der Waals surface area contributed by atoms with E-state index in [0.717, 1.165) is 10.3 Å². The van der Waals surface area contributed by atoms with Crippen molar-refractivity contribution < 1.29 is 0 Å². The average Bonchev–Trinajstić information content (AvgIpc) is 2.07. The summed E-state index contributed by atoms with van der Waals surface area (Å²) >= 11 is 3.50. The largest absolute Gasteiger partial charge is 0.261 e. The molecule has 0 aliphatic heterocycles. The van der Waals surface area contributed by atoms with Crippen LogP contribution in [0.4, 0.5) is 0 Å². The molecule has 1 heterocycles. The number of aromatic nitrogens is 2. The van der Waals surface area contributed by atoms with E-state index < -0.39 is 0 Å². The molecule has 3 heteroatoms. The Hall–Kier alpha value is -0.310. The van der Waals surface area contributed by atoms with E-state index in [2.05, 4.69) is 34.9 Å². The lowest BCUT2D eigenvalue weighted by Crippen LogP contribution is -1.91. The first-order valence-corrected chi connectivity index (χ1v) is 4.52. The van der Waals surface area contributed by atoms with Gasteiger partial charge in [-0.05, 0) is 28.8 Å². The smallest absolute Gasteiger partial charge is 0.107 e. The monoisotopic (exact) mass is 216 g/mol. The molecular weight excluding hydrogens is 204 g/mol. The van der Waals surface area contributed by atoms with Gasteiger partial charge in [0.05, 0.1) is 5.69 Å². The molecule has 0 unspecified atom stereocenters. The molecule has 0 radical (unpaired) electrons. The van der Waals surface area contributed by atoms with Crippen molar-refractivity contribution in [1.82, 2.24) is 9.78 Å². The summed E-state index contributed by atoms with van der Waals surface area (Å²) in [4.78, 5) is 0. The maximum atomic E-state index is 4.30. The molecule has 11 heavy (non-hydrogen) atoms. The number of hydrogen-bond acceptors (Lipinski definition) is 1. The maximum Gasteiger partial charge on any atom is 0.107 e. The minimum absolute atomic E-state index is 0.540. The van der Waals surface area contributed by atoms with E-state index in [1.807, 2.05) is 18.7 Å². The second-order valence-corrected chi connectivity index (χ2v) is 3.82. The minimum atomic E-state index is 0.540. The number of aryl methyl sites for hydroxylation is 2. The van der Waals surface area contributed by atoms with Crippen molar-refractivity contribution in [3.63, 3.8) is 0 Å². The molecule has 0 saturated heterocycles. The van der Waals surface area contributed by atoms with E-state index in [9.17, 15) is 0 Å². The van der Waals surface area contributed by atoms with Crippen LogP contribution in [0, 0.1) is 6.92 Å². The van der Waals surface area contributed by atoms with Crippen molar-refractivity contribution in [2.75, 3.05) is 0 Å². The van der Waals surface area contributed by atoms with Crippen LogP contribution in [-0.2, 0) is 7.05 Å². The van der Waals surface area contributed by atoms with Gasteiger partial charge in [-0.25, -0.2) is 0 Å². The Morgan fingerprint density at radius 1 is 1.45 bits per heavy atom. The van der Waals surface area contributed by atoms with Crippen molar-refractivity contribution in [3.8, 4) is 0 Å². The van der Waals surface area contributed by atoms with Crippen LogP contribution < -0.4 is 0 Å². The molecule has 0 amide bonds. The lowest BCUT2D eigenvalue weighted by molar-refractivity contribution is 0.737. The second kappa shape index (κ2) is 2.97. The molecule has 0 atom stereocenters. The lowest BCUT2D eigenvalue weighted by atomic mass is 10.1. The molecule has 1 rings (SSSR count). The third-order valence-corrected chi connectivity index (χ3v) is 2.71. The van der Waals surface area contributed by atoms with Crippen LogP contribution in [0.3, 0.4) is 0 Å². The molecule has 0 saturated carbocycles. The van der Waals surface area contributed by atoms with Crippen LogP contribution in [0.5, 0.6) is 0 Å². The number of rotatable bonds is 1. The molecule has 1 aromatic heterocycles. The van der Waals surface area contributed by atoms with E-state index in [0.29, 0.717) is 5.92 Å². The van der Waals surface area contributed by atoms with Crippen molar-refractivity contribution in [1.29, 1.82) is 0 Å². The van der Waals surface area contributed by atoms with Gasteiger partial charge in [0.2, 0.25) is 0 Å². The van der Waals surface area contributed by atoms with Crippen LogP contribution in [0.1, 0.15) is 31.0 Å². The molecule has 0 bridgehead atoms. The summed E-state index contributed by atoms with van der Waals surface area (Å²) in [5.74, 6) is 0.540. The van der Waals surface area contributed by atoms with Gasteiger partial charge in [-0.15, -0.1) is 0 Å². The molecule has 0 spiro atoms. The zero-order valence-corrected chi connectivity index (χ0v) is 8.94. The molecular formula is C8H13BrN2. The Labute approximate surface area is 75.7 Å². The zero-order chi connectivity index (χ0) is 8.59. The summed E-state index contributed by atoms with van der Waals surface area (Å²) < 4.78 is 2.97. The minimum Gasteiger partial charge on any atom is -0.261 e. The first-order valence-electron chi connectivity index (χ1n) is 3.73. The lowest BCUT2D eigenvalue weighted by Gasteiger charge is -2.02. The summed E-state index contributed by atoms with van der Waals surface area (Å²) in [5.41, 5.74) is 2.43. The highest BCUT2D eigenvalue weighted by Gasteiger charge is 2.12. The van der Waals surface area contributed by atoms with Crippen LogP contribution in [0.15, 0.2) is 4.60 Å². The summed E-state index contributed by atoms with van der Waals surface area (Å²) in [6, 6.07) is 0. The fraction of sp³-hybridized carbons (Fsp3) is 0.625. The number of halogens is 1. The normalized spacial score (nSPS) is 11.1. The van der Waals surface area contributed by atoms with Crippen molar-refractivity contribution in [3.05, 3.63) is 15.9 Å². The van der Waals surface area contributed by atoms with Crippen LogP contribution >= 0.6 is 15.9 Å². The summed E-state index contributed by atoms with van der Waals surface area (Å²) in [6.45, 7) is 6.39. The molecule has 2 nitrogen and oxygen atoms in total. The average molecular weight is 217 g/mol. The highest BCUT2D eigenvalue weighted by Crippen LogP contribution is 2.26. The van der Waals surface area contributed by atoms with Crippen LogP contribution in [0.2, 0.25) is 0 Å². The van der Waals surface area contributed by atoms with E-state index in [4.69, 9.17) is 0 Å². The van der Waals surface area contributed by atoms with Gasteiger partial charge in [-0.1, -0.05) is 13.8 Å². The highest BCUT2D eigenvalue weighted by atomic mass is 79.9. The Morgan fingerprint density at radius 2 is 2.00 bits per heavy atom. The Morgan fingerprint density at radius 3 is 2.18 bits per heavy atom. The van der Waals surface area contributed by atoms with Gasteiger partial charge in [0.1, 0.15) is 4.60 Å². The molecule has 0 aliphatic carbocycles.